The lowest BCUT2D eigenvalue weighted by molar-refractivity contribution is -0.150. The van der Waals surface area contributed by atoms with Crippen LogP contribution in [0.1, 0.15) is 23.1 Å². The van der Waals surface area contributed by atoms with Crippen molar-refractivity contribution in [2.24, 2.45) is 0 Å². The first-order valence-electron chi connectivity index (χ1n) is 7.00. The monoisotopic (exact) mass is 298 g/mol. The standard InChI is InChI=1S/C18H18O4/c1-13-6-5-9-15(10-13)18(17(21)22,12-16(19)20)11-14-7-3-2-4-8-14/h2-10H,11-12H2,1H3,(H,19,20)(H,21,22). The van der Waals surface area contributed by atoms with Gasteiger partial charge in [-0.05, 0) is 24.5 Å². The maximum Gasteiger partial charge on any atom is 0.315 e. The van der Waals surface area contributed by atoms with E-state index in [0.29, 0.717) is 5.56 Å². The van der Waals surface area contributed by atoms with Crippen molar-refractivity contribution >= 4 is 11.9 Å². The Balaban J connectivity index is 2.55. The number of carboxylic acid groups (broad SMARTS) is 2. The molecule has 0 saturated heterocycles. The molecule has 1 atom stereocenters. The Labute approximate surface area is 129 Å². The second-order valence-corrected chi connectivity index (χ2v) is 5.49. The molecule has 0 radical (unpaired) electrons. The Morgan fingerprint density at radius 2 is 1.68 bits per heavy atom. The zero-order valence-corrected chi connectivity index (χ0v) is 12.3. The number of hydrogen-bond donors (Lipinski definition) is 2. The molecule has 2 aromatic rings. The van der Waals surface area contributed by atoms with Crippen molar-refractivity contribution in [1.29, 1.82) is 0 Å². The maximum atomic E-state index is 12.0. The molecule has 2 rings (SSSR count). The molecule has 1 unspecified atom stereocenters. The van der Waals surface area contributed by atoms with E-state index in [0.717, 1.165) is 11.1 Å². The molecule has 4 heteroatoms. The van der Waals surface area contributed by atoms with Gasteiger partial charge in [0.05, 0.1) is 6.42 Å². The van der Waals surface area contributed by atoms with Gasteiger partial charge in [0.25, 0.3) is 0 Å². The fourth-order valence-electron chi connectivity index (χ4n) is 2.69. The number of hydrogen-bond acceptors (Lipinski definition) is 2. The van der Waals surface area contributed by atoms with Crippen LogP contribution >= 0.6 is 0 Å². The van der Waals surface area contributed by atoms with Crippen molar-refractivity contribution in [3.63, 3.8) is 0 Å². The fourth-order valence-corrected chi connectivity index (χ4v) is 2.69. The summed E-state index contributed by atoms with van der Waals surface area (Å²) in [6, 6.07) is 16.2. The molecule has 0 aliphatic rings. The largest absolute Gasteiger partial charge is 0.481 e. The molecule has 114 valence electrons. The van der Waals surface area contributed by atoms with E-state index in [1.807, 2.05) is 43.3 Å². The molecule has 0 heterocycles. The predicted molar refractivity (Wildman–Crippen MR) is 82.9 cm³/mol. The lowest BCUT2D eigenvalue weighted by Crippen LogP contribution is -2.40. The van der Waals surface area contributed by atoms with E-state index in [1.54, 1.807) is 18.2 Å². The average Bonchev–Trinajstić information content (AvgIpc) is 2.47. The number of aryl methyl sites for hydroxylation is 1. The van der Waals surface area contributed by atoms with Gasteiger partial charge in [-0.25, -0.2) is 0 Å². The van der Waals surface area contributed by atoms with Gasteiger partial charge in [0.15, 0.2) is 0 Å². The molecule has 0 aliphatic heterocycles. The molecule has 0 bridgehead atoms. The van der Waals surface area contributed by atoms with Crippen LogP contribution < -0.4 is 0 Å². The van der Waals surface area contributed by atoms with E-state index in [9.17, 15) is 19.8 Å². The zero-order chi connectivity index (χ0) is 16.2. The Bertz CT molecular complexity index is 678. The van der Waals surface area contributed by atoms with E-state index < -0.39 is 23.8 Å². The highest BCUT2D eigenvalue weighted by molar-refractivity contribution is 5.87. The molecule has 2 N–H and O–H groups in total. The first-order chi connectivity index (χ1) is 10.4. The molecule has 0 saturated carbocycles. The second-order valence-electron chi connectivity index (χ2n) is 5.49. The predicted octanol–water partition coefficient (Wildman–Crippen LogP) is 3.03. The molecular formula is C18H18O4. The third-order valence-corrected chi connectivity index (χ3v) is 3.78. The van der Waals surface area contributed by atoms with Crippen LogP contribution in [0, 0.1) is 6.92 Å². The van der Waals surface area contributed by atoms with Crippen molar-refractivity contribution in [1.82, 2.24) is 0 Å². The molecule has 0 aromatic heterocycles. The van der Waals surface area contributed by atoms with Crippen molar-refractivity contribution in [3.05, 3.63) is 71.3 Å². The highest BCUT2D eigenvalue weighted by Crippen LogP contribution is 2.33. The molecule has 0 fully saturated rings. The summed E-state index contributed by atoms with van der Waals surface area (Å²) in [4.78, 5) is 23.3. The number of carbonyl (C=O) groups is 2. The van der Waals surface area contributed by atoms with Crippen LogP contribution in [0.4, 0.5) is 0 Å². The minimum absolute atomic E-state index is 0.138. The summed E-state index contributed by atoms with van der Waals surface area (Å²) >= 11 is 0. The summed E-state index contributed by atoms with van der Waals surface area (Å²) < 4.78 is 0. The van der Waals surface area contributed by atoms with Gasteiger partial charge in [0.2, 0.25) is 0 Å². The Morgan fingerprint density at radius 1 is 1.00 bits per heavy atom. The van der Waals surface area contributed by atoms with Gasteiger partial charge in [-0.1, -0.05) is 60.2 Å². The Morgan fingerprint density at radius 3 is 2.23 bits per heavy atom. The quantitative estimate of drug-likeness (QED) is 0.859. The summed E-state index contributed by atoms with van der Waals surface area (Å²) in [5.41, 5.74) is 0.750. The number of carboxylic acids is 2. The van der Waals surface area contributed by atoms with Gasteiger partial charge in [-0.3, -0.25) is 9.59 Å². The second kappa shape index (κ2) is 6.43. The normalized spacial score (nSPS) is 13.3. The third-order valence-electron chi connectivity index (χ3n) is 3.78. The van der Waals surface area contributed by atoms with E-state index >= 15 is 0 Å². The average molecular weight is 298 g/mol. The zero-order valence-electron chi connectivity index (χ0n) is 12.3. The summed E-state index contributed by atoms with van der Waals surface area (Å²) in [6.07, 6.45) is -0.320. The lowest BCUT2D eigenvalue weighted by atomic mass is 9.72. The number of aliphatic carboxylic acids is 2. The van der Waals surface area contributed by atoms with Crippen LogP contribution in [0.2, 0.25) is 0 Å². The smallest absolute Gasteiger partial charge is 0.315 e. The summed E-state index contributed by atoms with van der Waals surface area (Å²) in [6.45, 7) is 1.86. The summed E-state index contributed by atoms with van der Waals surface area (Å²) in [5, 5.41) is 19.1. The highest BCUT2D eigenvalue weighted by atomic mass is 16.4. The van der Waals surface area contributed by atoms with Gasteiger partial charge >= 0.3 is 11.9 Å². The minimum atomic E-state index is -1.47. The SMILES string of the molecule is Cc1cccc(C(CC(=O)O)(Cc2ccccc2)C(=O)O)c1. The fraction of sp³-hybridized carbons (Fsp3) is 0.222. The minimum Gasteiger partial charge on any atom is -0.481 e. The van der Waals surface area contributed by atoms with Crippen LogP contribution in [0.3, 0.4) is 0 Å². The van der Waals surface area contributed by atoms with Crippen LogP contribution in [0.5, 0.6) is 0 Å². The van der Waals surface area contributed by atoms with Crippen molar-refractivity contribution in [2.45, 2.75) is 25.2 Å². The molecule has 0 amide bonds. The number of rotatable bonds is 6. The first kappa shape index (κ1) is 15.8. The van der Waals surface area contributed by atoms with E-state index in [1.165, 1.54) is 0 Å². The van der Waals surface area contributed by atoms with Gasteiger partial charge in [-0.15, -0.1) is 0 Å². The summed E-state index contributed by atoms with van der Waals surface area (Å²) in [7, 11) is 0. The Hall–Kier alpha value is -2.62. The van der Waals surface area contributed by atoms with Crippen LogP contribution in [0.25, 0.3) is 0 Å². The van der Waals surface area contributed by atoms with Crippen molar-refractivity contribution in [2.75, 3.05) is 0 Å². The van der Waals surface area contributed by atoms with Crippen LogP contribution in [-0.4, -0.2) is 22.2 Å². The molecule has 0 spiro atoms. The molecule has 0 aliphatic carbocycles. The van der Waals surface area contributed by atoms with Crippen molar-refractivity contribution < 1.29 is 19.8 Å². The molecular weight excluding hydrogens is 280 g/mol. The molecule has 22 heavy (non-hydrogen) atoms. The van der Waals surface area contributed by atoms with Gasteiger partial charge < -0.3 is 10.2 Å². The third kappa shape index (κ3) is 3.34. The van der Waals surface area contributed by atoms with Crippen molar-refractivity contribution in [3.8, 4) is 0 Å². The summed E-state index contributed by atoms with van der Waals surface area (Å²) in [5.74, 6) is -2.25. The van der Waals surface area contributed by atoms with E-state index in [2.05, 4.69) is 0 Å². The van der Waals surface area contributed by atoms with Gasteiger partial charge in [0, 0.05) is 0 Å². The molecule has 2 aromatic carbocycles. The highest BCUT2D eigenvalue weighted by Gasteiger charge is 2.42. The van der Waals surface area contributed by atoms with Crippen LogP contribution in [0.15, 0.2) is 54.6 Å². The maximum absolute atomic E-state index is 12.0. The first-order valence-corrected chi connectivity index (χ1v) is 7.00. The lowest BCUT2D eigenvalue weighted by Gasteiger charge is -2.29. The van der Waals surface area contributed by atoms with E-state index in [-0.39, 0.29) is 6.42 Å². The molecule has 4 nitrogen and oxygen atoms in total. The van der Waals surface area contributed by atoms with Gasteiger partial charge in [0.1, 0.15) is 5.41 Å². The topological polar surface area (TPSA) is 74.6 Å². The van der Waals surface area contributed by atoms with E-state index in [4.69, 9.17) is 0 Å². The number of benzene rings is 2. The van der Waals surface area contributed by atoms with Gasteiger partial charge in [-0.2, -0.15) is 0 Å². The van der Waals surface area contributed by atoms with Crippen LogP contribution in [-0.2, 0) is 21.4 Å². The Kier molecular flexibility index (Phi) is 4.61.